The molecule has 4 rings (SSSR count). The maximum atomic E-state index is 13.0. The van der Waals surface area contributed by atoms with Gasteiger partial charge in [-0.1, -0.05) is 24.4 Å². The lowest BCUT2D eigenvalue weighted by Crippen LogP contribution is -2.32. The highest BCUT2D eigenvalue weighted by atomic mass is 35.5. The summed E-state index contributed by atoms with van der Waals surface area (Å²) in [5, 5.41) is 10.3. The molecule has 0 spiro atoms. The van der Waals surface area contributed by atoms with Crippen molar-refractivity contribution in [3.63, 3.8) is 0 Å². The van der Waals surface area contributed by atoms with E-state index in [4.69, 9.17) is 20.8 Å². The lowest BCUT2D eigenvalue weighted by Gasteiger charge is -2.20. The van der Waals surface area contributed by atoms with Gasteiger partial charge in [-0.2, -0.15) is 4.31 Å². The quantitative estimate of drug-likeness (QED) is 0.532. The molecule has 0 bridgehead atoms. The molecule has 33 heavy (non-hydrogen) atoms. The molecule has 2 heterocycles. The maximum Gasteiger partial charge on any atom is 0.262 e. The second-order valence-electron chi connectivity index (χ2n) is 7.57. The van der Waals surface area contributed by atoms with Crippen LogP contribution in [0.5, 0.6) is 5.75 Å². The first-order valence-electron chi connectivity index (χ1n) is 10.5. The Kier molecular flexibility index (Phi) is 7.26. The highest BCUT2D eigenvalue weighted by molar-refractivity contribution is 7.89. The van der Waals surface area contributed by atoms with E-state index in [1.165, 1.54) is 28.9 Å². The SMILES string of the molecule is O=C(COc1ccc(-c2nnco2)cc1)Nc1cc(S(=O)(=O)N2CCCCCC2)ccc1Cl. The van der Waals surface area contributed by atoms with Crippen LogP contribution in [-0.2, 0) is 14.8 Å². The number of rotatable bonds is 7. The van der Waals surface area contributed by atoms with Gasteiger partial charge in [0.25, 0.3) is 5.91 Å². The third kappa shape index (κ3) is 5.70. The molecular weight excluding hydrogens is 468 g/mol. The van der Waals surface area contributed by atoms with Crippen molar-refractivity contribution in [1.29, 1.82) is 0 Å². The van der Waals surface area contributed by atoms with Crippen LogP contribution in [0, 0.1) is 0 Å². The van der Waals surface area contributed by atoms with Crippen LogP contribution in [0.2, 0.25) is 5.02 Å². The highest BCUT2D eigenvalue weighted by Gasteiger charge is 2.26. The Morgan fingerprint density at radius 3 is 2.48 bits per heavy atom. The first-order chi connectivity index (χ1) is 15.9. The number of hydrogen-bond acceptors (Lipinski definition) is 7. The molecule has 9 nitrogen and oxygen atoms in total. The molecule has 1 aliphatic rings. The molecule has 174 valence electrons. The summed E-state index contributed by atoms with van der Waals surface area (Å²) in [6.45, 7) is 0.705. The first-order valence-corrected chi connectivity index (χ1v) is 12.3. The number of anilines is 1. The molecular formula is C22H23ClN4O5S. The van der Waals surface area contributed by atoms with Gasteiger partial charge in [0.1, 0.15) is 5.75 Å². The van der Waals surface area contributed by atoms with E-state index in [2.05, 4.69) is 15.5 Å². The van der Waals surface area contributed by atoms with Crippen molar-refractivity contribution in [2.45, 2.75) is 30.6 Å². The van der Waals surface area contributed by atoms with E-state index in [0.717, 1.165) is 31.2 Å². The zero-order valence-electron chi connectivity index (χ0n) is 17.7. The van der Waals surface area contributed by atoms with Crippen molar-refractivity contribution in [1.82, 2.24) is 14.5 Å². The van der Waals surface area contributed by atoms with Gasteiger partial charge in [-0.15, -0.1) is 10.2 Å². The highest BCUT2D eigenvalue weighted by Crippen LogP contribution is 2.28. The first kappa shape index (κ1) is 23.2. The fourth-order valence-electron chi connectivity index (χ4n) is 3.52. The lowest BCUT2D eigenvalue weighted by molar-refractivity contribution is -0.118. The minimum atomic E-state index is -3.66. The summed E-state index contributed by atoms with van der Waals surface area (Å²) in [7, 11) is -3.66. The van der Waals surface area contributed by atoms with Crippen molar-refractivity contribution in [2.75, 3.05) is 25.0 Å². The van der Waals surface area contributed by atoms with Crippen LogP contribution in [0.3, 0.4) is 0 Å². The van der Waals surface area contributed by atoms with Crippen molar-refractivity contribution in [3.8, 4) is 17.2 Å². The van der Waals surface area contributed by atoms with E-state index < -0.39 is 15.9 Å². The van der Waals surface area contributed by atoms with E-state index in [1.807, 2.05) is 0 Å². The number of amides is 1. The Labute approximate surface area is 196 Å². The number of aromatic nitrogens is 2. The predicted octanol–water partition coefficient (Wildman–Crippen LogP) is 3.97. The third-order valence-corrected chi connectivity index (χ3v) is 7.47. The van der Waals surface area contributed by atoms with Crippen molar-refractivity contribution in [2.24, 2.45) is 0 Å². The van der Waals surface area contributed by atoms with Crippen LogP contribution in [0.15, 0.2) is 58.2 Å². The number of carbonyl (C=O) groups excluding carboxylic acids is 1. The summed E-state index contributed by atoms with van der Waals surface area (Å²) in [4.78, 5) is 12.5. The van der Waals surface area contributed by atoms with Gasteiger partial charge in [-0.3, -0.25) is 4.79 Å². The molecule has 0 unspecified atom stereocenters. The average molecular weight is 491 g/mol. The van der Waals surface area contributed by atoms with E-state index >= 15 is 0 Å². The second-order valence-corrected chi connectivity index (χ2v) is 9.91. The number of nitrogens with zero attached hydrogens (tertiary/aromatic N) is 3. The molecule has 3 aromatic rings. The van der Waals surface area contributed by atoms with Crippen LogP contribution < -0.4 is 10.1 Å². The molecule has 11 heteroatoms. The molecule has 2 aromatic carbocycles. The Bertz CT molecular complexity index is 1190. The molecule has 1 fully saturated rings. The Hall–Kier alpha value is -2.95. The monoisotopic (exact) mass is 490 g/mol. The Morgan fingerprint density at radius 2 is 1.82 bits per heavy atom. The molecule has 0 atom stereocenters. The largest absolute Gasteiger partial charge is 0.484 e. The second kappa shape index (κ2) is 10.3. The van der Waals surface area contributed by atoms with Gasteiger partial charge in [0, 0.05) is 18.7 Å². The van der Waals surface area contributed by atoms with Gasteiger partial charge in [0.05, 0.1) is 15.6 Å². The molecule has 0 saturated carbocycles. The Balaban J connectivity index is 1.39. The number of ether oxygens (including phenoxy) is 1. The Morgan fingerprint density at radius 1 is 1.09 bits per heavy atom. The van der Waals surface area contributed by atoms with E-state index in [9.17, 15) is 13.2 Å². The summed E-state index contributed by atoms with van der Waals surface area (Å²) in [5.41, 5.74) is 0.937. The molecule has 0 aliphatic carbocycles. The predicted molar refractivity (Wildman–Crippen MR) is 123 cm³/mol. The van der Waals surface area contributed by atoms with Gasteiger partial charge in [-0.05, 0) is 55.3 Å². The number of nitrogens with one attached hydrogen (secondary N) is 1. The number of halogens is 1. The average Bonchev–Trinajstić information content (AvgIpc) is 3.21. The number of carbonyl (C=O) groups is 1. The smallest absolute Gasteiger partial charge is 0.262 e. The third-order valence-electron chi connectivity index (χ3n) is 5.25. The van der Waals surface area contributed by atoms with Crippen LogP contribution in [0.25, 0.3) is 11.5 Å². The summed E-state index contributed by atoms with van der Waals surface area (Å²) < 4.78 is 38.2. The summed E-state index contributed by atoms with van der Waals surface area (Å²) >= 11 is 6.20. The summed E-state index contributed by atoms with van der Waals surface area (Å²) in [5.74, 6) is 0.378. The van der Waals surface area contributed by atoms with Gasteiger partial charge in [-0.25, -0.2) is 8.42 Å². The van der Waals surface area contributed by atoms with Crippen molar-refractivity contribution < 1.29 is 22.4 Å². The van der Waals surface area contributed by atoms with Crippen LogP contribution in [-0.4, -0.2) is 48.5 Å². The summed E-state index contributed by atoms with van der Waals surface area (Å²) in [6.07, 6.45) is 4.96. The molecule has 1 N–H and O–H groups in total. The van der Waals surface area contributed by atoms with Crippen LogP contribution >= 0.6 is 11.6 Å². The van der Waals surface area contributed by atoms with Crippen molar-refractivity contribution in [3.05, 3.63) is 53.9 Å². The minimum Gasteiger partial charge on any atom is -0.484 e. The zero-order valence-corrected chi connectivity index (χ0v) is 19.3. The van der Waals surface area contributed by atoms with E-state index in [1.54, 1.807) is 24.3 Å². The fraction of sp³-hybridized carbons (Fsp3) is 0.318. The van der Waals surface area contributed by atoms with Gasteiger partial charge in [0.2, 0.25) is 22.3 Å². The van der Waals surface area contributed by atoms with Gasteiger partial charge in [0.15, 0.2) is 6.61 Å². The zero-order chi connectivity index (χ0) is 23.3. The molecule has 1 aliphatic heterocycles. The van der Waals surface area contributed by atoms with Crippen LogP contribution in [0.4, 0.5) is 5.69 Å². The molecule has 1 aromatic heterocycles. The standard InChI is InChI=1S/C22H23ClN4O5S/c23-19-10-9-18(33(29,30)27-11-3-1-2-4-12-27)13-20(19)25-21(28)14-31-17-7-5-16(6-8-17)22-26-24-15-32-22/h5-10,13,15H,1-4,11-12,14H2,(H,25,28). The number of hydrogen-bond donors (Lipinski definition) is 1. The maximum absolute atomic E-state index is 13.0. The lowest BCUT2D eigenvalue weighted by atomic mass is 10.2. The normalized spacial score (nSPS) is 15.1. The minimum absolute atomic E-state index is 0.0987. The molecule has 0 radical (unpaired) electrons. The number of benzene rings is 2. The van der Waals surface area contributed by atoms with Crippen LogP contribution in [0.1, 0.15) is 25.7 Å². The fourth-order valence-corrected chi connectivity index (χ4v) is 5.23. The molecule has 1 amide bonds. The van der Waals surface area contributed by atoms with E-state index in [-0.39, 0.29) is 22.2 Å². The summed E-state index contributed by atoms with van der Waals surface area (Å²) in [6, 6.07) is 11.1. The van der Waals surface area contributed by atoms with Gasteiger partial charge >= 0.3 is 0 Å². The van der Waals surface area contributed by atoms with E-state index in [0.29, 0.717) is 24.7 Å². The number of sulfonamides is 1. The topological polar surface area (TPSA) is 115 Å². The molecule has 1 saturated heterocycles. The van der Waals surface area contributed by atoms with Gasteiger partial charge < -0.3 is 14.5 Å². The van der Waals surface area contributed by atoms with Crippen molar-refractivity contribution >= 4 is 33.2 Å².